The first-order chi connectivity index (χ1) is 20.2. The second kappa shape index (κ2) is 10.9. The first-order valence-corrected chi connectivity index (χ1v) is 13.4. The van der Waals surface area contributed by atoms with Crippen LogP contribution < -0.4 is 14.7 Å². The van der Waals surface area contributed by atoms with Crippen LogP contribution in [0.3, 0.4) is 0 Å². The number of nitrogens with zero attached hydrogens (tertiary/aromatic N) is 3. The summed E-state index contributed by atoms with van der Waals surface area (Å²) in [6, 6.07) is 24.2. The fraction of sp³-hybridized carbons (Fsp3) is 0.100. The zero-order valence-electron chi connectivity index (χ0n) is 21.4. The van der Waals surface area contributed by atoms with E-state index in [-0.39, 0.29) is 27.2 Å². The minimum atomic E-state index is -1.18. The molecule has 0 aliphatic carbocycles. The normalized spacial score (nSPS) is 19.6. The number of nitro groups is 1. The zero-order chi connectivity index (χ0) is 29.5. The molecular weight excluding hydrogens is 585 g/mol. The highest BCUT2D eigenvalue weighted by Crippen LogP contribution is 2.48. The van der Waals surface area contributed by atoms with Gasteiger partial charge in [-0.1, -0.05) is 53.5 Å². The Morgan fingerprint density at radius 1 is 0.833 bits per heavy atom. The van der Waals surface area contributed by atoms with E-state index < -0.39 is 40.8 Å². The van der Waals surface area contributed by atoms with Crippen molar-refractivity contribution in [1.82, 2.24) is 0 Å². The van der Waals surface area contributed by atoms with E-state index >= 15 is 0 Å². The molecular formula is C30H19Cl2N3O7. The molecule has 12 heteroatoms. The number of carbonyl (C=O) groups is 3. The number of rotatable bonds is 6. The lowest BCUT2D eigenvalue weighted by Gasteiger charge is -2.28. The number of hydroxylamine groups is 1. The lowest BCUT2D eigenvalue weighted by atomic mass is 9.90. The number of hydrogen-bond acceptors (Lipinski definition) is 8. The summed E-state index contributed by atoms with van der Waals surface area (Å²) in [5.41, 5.74) is 1.49. The molecule has 0 bridgehead atoms. The molecule has 0 aromatic heterocycles. The number of esters is 1. The minimum absolute atomic E-state index is 0.128. The van der Waals surface area contributed by atoms with Crippen LogP contribution in [-0.4, -0.2) is 28.8 Å². The molecule has 4 aromatic carbocycles. The molecule has 0 radical (unpaired) electrons. The number of nitro benzene ring substituents is 1. The van der Waals surface area contributed by atoms with E-state index in [1.807, 2.05) is 0 Å². The number of anilines is 2. The molecule has 2 heterocycles. The van der Waals surface area contributed by atoms with Gasteiger partial charge in [-0.25, -0.2) is 14.8 Å². The maximum atomic E-state index is 13.8. The summed E-state index contributed by atoms with van der Waals surface area (Å²) < 4.78 is 5.49. The van der Waals surface area contributed by atoms with Gasteiger partial charge in [-0.15, -0.1) is 0 Å². The fourth-order valence-corrected chi connectivity index (χ4v) is 5.34. The molecule has 10 nitrogen and oxygen atoms in total. The standard InChI is InChI=1S/C30H19Cl2N3O7/c31-23-15-12-21(16-24(23)32)33-28(36)25-26(17-6-13-22(14-7-17)41-30(38)18-4-2-1-3-5-18)34(42-27(25)29(33)37)19-8-10-20(11-9-19)35(39)40/h1-16,25-27H/t25-,26-,27-/m1/s1. The molecule has 3 atom stereocenters. The van der Waals surface area contributed by atoms with Crippen LogP contribution in [0.15, 0.2) is 97.1 Å². The van der Waals surface area contributed by atoms with Gasteiger partial charge in [0.05, 0.1) is 37.9 Å². The van der Waals surface area contributed by atoms with Gasteiger partial charge < -0.3 is 4.74 Å². The number of halogens is 2. The van der Waals surface area contributed by atoms with Crippen molar-refractivity contribution < 1.29 is 28.9 Å². The average Bonchev–Trinajstić information content (AvgIpc) is 3.51. The lowest BCUT2D eigenvalue weighted by Crippen LogP contribution is -2.37. The number of fused-ring (bicyclic) bond motifs is 1. The van der Waals surface area contributed by atoms with E-state index in [2.05, 4.69) is 0 Å². The molecule has 2 amide bonds. The molecule has 2 aliphatic heterocycles. The Kier molecular flexibility index (Phi) is 7.11. The van der Waals surface area contributed by atoms with E-state index in [0.717, 1.165) is 4.90 Å². The maximum Gasteiger partial charge on any atom is 0.343 e. The Hall–Kier alpha value is -4.77. The predicted molar refractivity (Wildman–Crippen MR) is 153 cm³/mol. The van der Waals surface area contributed by atoms with Gasteiger partial charge in [-0.05, 0) is 60.2 Å². The van der Waals surface area contributed by atoms with Crippen LogP contribution in [0.25, 0.3) is 0 Å². The molecule has 2 saturated heterocycles. The third-order valence-electron chi connectivity index (χ3n) is 7.03. The van der Waals surface area contributed by atoms with Crippen LogP contribution in [0.5, 0.6) is 5.75 Å². The molecule has 0 unspecified atom stereocenters. The van der Waals surface area contributed by atoms with Gasteiger partial charge >= 0.3 is 5.97 Å². The summed E-state index contributed by atoms with van der Waals surface area (Å²) in [6.45, 7) is 0. The molecule has 42 heavy (non-hydrogen) atoms. The van der Waals surface area contributed by atoms with Gasteiger partial charge in [0.2, 0.25) is 5.91 Å². The zero-order valence-corrected chi connectivity index (χ0v) is 22.9. The molecule has 2 fully saturated rings. The van der Waals surface area contributed by atoms with Gasteiger partial charge in [0.1, 0.15) is 11.7 Å². The number of carbonyl (C=O) groups excluding carboxylic acids is 3. The smallest absolute Gasteiger partial charge is 0.343 e. The molecule has 4 aromatic rings. The Balaban J connectivity index is 1.35. The van der Waals surface area contributed by atoms with Gasteiger partial charge in [-0.3, -0.25) is 24.5 Å². The molecule has 2 aliphatic rings. The highest BCUT2D eigenvalue weighted by molar-refractivity contribution is 6.42. The minimum Gasteiger partial charge on any atom is -0.423 e. The Morgan fingerprint density at radius 3 is 2.14 bits per heavy atom. The van der Waals surface area contributed by atoms with Crippen LogP contribution in [0.1, 0.15) is 22.0 Å². The van der Waals surface area contributed by atoms with Crippen LogP contribution in [0, 0.1) is 16.0 Å². The summed E-state index contributed by atoms with van der Waals surface area (Å²) in [7, 11) is 0. The largest absolute Gasteiger partial charge is 0.423 e. The van der Waals surface area contributed by atoms with Crippen LogP contribution in [0.4, 0.5) is 17.1 Å². The number of ether oxygens (including phenoxy) is 1. The fourth-order valence-electron chi connectivity index (χ4n) is 5.05. The van der Waals surface area contributed by atoms with Crippen molar-refractivity contribution >= 4 is 58.0 Å². The quantitative estimate of drug-likeness (QED) is 0.0843. The van der Waals surface area contributed by atoms with Crippen molar-refractivity contribution in [2.75, 3.05) is 9.96 Å². The van der Waals surface area contributed by atoms with Crippen molar-refractivity contribution in [3.8, 4) is 5.75 Å². The third-order valence-corrected chi connectivity index (χ3v) is 7.77. The first-order valence-electron chi connectivity index (χ1n) is 12.6. The van der Waals surface area contributed by atoms with Gasteiger partial charge in [-0.2, -0.15) is 0 Å². The van der Waals surface area contributed by atoms with E-state index in [0.29, 0.717) is 16.8 Å². The third kappa shape index (κ3) is 4.85. The van der Waals surface area contributed by atoms with Crippen LogP contribution in [0.2, 0.25) is 10.0 Å². The number of imide groups is 1. The van der Waals surface area contributed by atoms with Crippen molar-refractivity contribution in [2.24, 2.45) is 5.92 Å². The maximum absolute atomic E-state index is 13.8. The van der Waals surface area contributed by atoms with Crippen molar-refractivity contribution in [1.29, 1.82) is 0 Å². The van der Waals surface area contributed by atoms with Crippen LogP contribution in [-0.2, 0) is 14.4 Å². The number of non-ortho nitro benzene ring substituents is 1. The Labute approximate surface area is 248 Å². The Bertz CT molecular complexity index is 1720. The number of hydrogen-bond donors (Lipinski definition) is 0. The topological polar surface area (TPSA) is 119 Å². The van der Waals surface area contributed by atoms with Crippen molar-refractivity contribution in [3.63, 3.8) is 0 Å². The summed E-state index contributed by atoms with van der Waals surface area (Å²) in [5.74, 6) is -2.34. The van der Waals surface area contributed by atoms with Crippen LogP contribution >= 0.6 is 23.2 Å². The van der Waals surface area contributed by atoms with E-state index in [1.54, 1.807) is 54.6 Å². The number of benzene rings is 4. The lowest BCUT2D eigenvalue weighted by molar-refractivity contribution is -0.384. The SMILES string of the molecule is O=C(Oc1ccc([C@@H]2[C@H]3C(=O)N(c4ccc(Cl)c(Cl)c4)C(=O)[C@@H]3ON2c2ccc([N+](=O)[O-])cc2)cc1)c1ccccc1. The first kappa shape index (κ1) is 27.4. The second-order valence-electron chi connectivity index (χ2n) is 9.53. The van der Waals surface area contributed by atoms with Gasteiger partial charge in [0.15, 0.2) is 6.10 Å². The van der Waals surface area contributed by atoms with Gasteiger partial charge in [0, 0.05) is 12.1 Å². The summed E-state index contributed by atoms with van der Waals surface area (Å²) >= 11 is 12.2. The molecule has 0 spiro atoms. The molecule has 210 valence electrons. The van der Waals surface area contributed by atoms with E-state index in [4.69, 9.17) is 32.8 Å². The molecule has 0 N–H and O–H groups in total. The van der Waals surface area contributed by atoms with E-state index in [1.165, 1.54) is 47.5 Å². The van der Waals surface area contributed by atoms with E-state index in [9.17, 15) is 24.5 Å². The summed E-state index contributed by atoms with van der Waals surface area (Å²) in [4.78, 5) is 57.6. The Morgan fingerprint density at radius 2 is 1.50 bits per heavy atom. The highest BCUT2D eigenvalue weighted by Gasteiger charge is 2.60. The average molecular weight is 604 g/mol. The van der Waals surface area contributed by atoms with Crippen molar-refractivity contribution in [2.45, 2.75) is 12.1 Å². The second-order valence-corrected chi connectivity index (χ2v) is 10.3. The highest BCUT2D eigenvalue weighted by atomic mass is 35.5. The molecule has 6 rings (SSSR count). The number of amides is 2. The summed E-state index contributed by atoms with van der Waals surface area (Å²) in [6.07, 6.45) is -1.18. The monoisotopic (exact) mass is 603 g/mol. The summed E-state index contributed by atoms with van der Waals surface area (Å²) in [5, 5.41) is 13.0. The predicted octanol–water partition coefficient (Wildman–Crippen LogP) is 6.17. The molecule has 0 saturated carbocycles. The van der Waals surface area contributed by atoms with Gasteiger partial charge in [0.25, 0.3) is 11.6 Å². The van der Waals surface area contributed by atoms with Crippen molar-refractivity contribution in [3.05, 3.63) is 128 Å².